The van der Waals surface area contributed by atoms with Crippen LogP contribution in [0.1, 0.15) is 72.6 Å². The van der Waals surface area contributed by atoms with Crippen molar-refractivity contribution in [2.24, 2.45) is 0 Å². The van der Waals surface area contributed by atoms with Gasteiger partial charge in [-0.25, -0.2) is 0 Å². The van der Waals surface area contributed by atoms with Crippen LogP contribution in [0.15, 0.2) is 12.2 Å². The SMILES string of the molecule is CC=CC(O)CCCCCCCCOC(C)(C)C. The maximum atomic E-state index is 9.49. The average molecular weight is 256 g/mol. The first-order valence-electron chi connectivity index (χ1n) is 7.40. The Morgan fingerprint density at radius 3 is 2.11 bits per heavy atom. The van der Waals surface area contributed by atoms with Crippen LogP contribution in [0.5, 0.6) is 0 Å². The molecule has 0 saturated heterocycles. The van der Waals surface area contributed by atoms with E-state index in [2.05, 4.69) is 20.8 Å². The van der Waals surface area contributed by atoms with Gasteiger partial charge < -0.3 is 9.84 Å². The van der Waals surface area contributed by atoms with Crippen LogP contribution in [0.25, 0.3) is 0 Å². The van der Waals surface area contributed by atoms with E-state index >= 15 is 0 Å². The summed E-state index contributed by atoms with van der Waals surface area (Å²) in [7, 11) is 0. The van der Waals surface area contributed by atoms with Gasteiger partial charge in [-0.1, -0.05) is 44.3 Å². The summed E-state index contributed by atoms with van der Waals surface area (Å²) >= 11 is 0. The molecule has 18 heavy (non-hydrogen) atoms. The summed E-state index contributed by atoms with van der Waals surface area (Å²) in [6.45, 7) is 9.13. The zero-order valence-electron chi connectivity index (χ0n) is 12.7. The highest BCUT2D eigenvalue weighted by atomic mass is 16.5. The summed E-state index contributed by atoms with van der Waals surface area (Å²) in [6, 6.07) is 0. The van der Waals surface area contributed by atoms with Crippen molar-refractivity contribution >= 4 is 0 Å². The Morgan fingerprint density at radius 1 is 1.00 bits per heavy atom. The summed E-state index contributed by atoms with van der Waals surface area (Å²) in [4.78, 5) is 0. The number of hydrogen-bond acceptors (Lipinski definition) is 2. The molecule has 1 N–H and O–H groups in total. The molecule has 0 aromatic heterocycles. The van der Waals surface area contributed by atoms with Crippen molar-refractivity contribution in [2.75, 3.05) is 6.61 Å². The largest absolute Gasteiger partial charge is 0.389 e. The minimum absolute atomic E-state index is 0.00291. The summed E-state index contributed by atoms with van der Waals surface area (Å²) in [5, 5.41) is 9.49. The van der Waals surface area contributed by atoms with E-state index in [4.69, 9.17) is 4.74 Å². The molecule has 0 rings (SSSR count). The van der Waals surface area contributed by atoms with E-state index in [1.54, 1.807) is 0 Å². The monoisotopic (exact) mass is 256 g/mol. The van der Waals surface area contributed by atoms with Crippen LogP contribution in [0, 0.1) is 0 Å². The van der Waals surface area contributed by atoms with Gasteiger partial charge in [-0.15, -0.1) is 0 Å². The third-order valence-corrected chi connectivity index (χ3v) is 2.84. The van der Waals surface area contributed by atoms with Crippen LogP contribution in [0.4, 0.5) is 0 Å². The number of hydrogen-bond donors (Lipinski definition) is 1. The van der Waals surface area contributed by atoms with Crippen molar-refractivity contribution in [2.45, 2.75) is 84.3 Å². The number of allylic oxidation sites excluding steroid dienone is 1. The number of aliphatic hydroxyl groups is 1. The molecule has 0 heterocycles. The van der Waals surface area contributed by atoms with Crippen molar-refractivity contribution in [1.29, 1.82) is 0 Å². The van der Waals surface area contributed by atoms with Crippen LogP contribution >= 0.6 is 0 Å². The van der Waals surface area contributed by atoms with Gasteiger partial charge in [0.1, 0.15) is 0 Å². The van der Waals surface area contributed by atoms with E-state index in [1.807, 2.05) is 19.1 Å². The van der Waals surface area contributed by atoms with Crippen molar-refractivity contribution in [3.8, 4) is 0 Å². The molecule has 0 saturated carbocycles. The van der Waals surface area contributed by atoms with Crippen molar-refractivity contribution < 1.29 is 9.84 Å². The van der Waals surface area contributed by atoms with Crippen LogP contribution in [0.3, 0.4) is 0 Å². The molecule has 2 heteroatoms. The van der Waals surface area contributed by atoms with Gasteiger partial charge in [0.05, 0.1) is 11.7 Å². The summed E-state index contributed by atoms with van der Waals surface area (Å²) in [6.07, 6.45) is 11.8. The lowest BCUT2D eigenvalue weighted by molar-refractivity contribution is -0.00474. The van der Waals surface area contributed by atoms with Gasteiger partial charge in [0.2, 0.25) is 0 Å². The third-order valence-electron chi connectivity index (χ3n) is 2.84. The van der Waals surface area contributed by atoms with Crippen LogP contribution in [-0.4, -0.2) is 23.4 Å². The highest BCUT2D eigenvalue weighted by Crippen LogP contribution is 2.11. The first-order chi connectivity index (χ1) is 8.45. The van der Waals surface area contributed by atoms with E-state index in [0.717, 1.165) is 19.4 Å². The summed E-state index contributed by atoms with van der Waals surface area (Å²) in [5.41, 5.74) is 0.00291. The first kappa shape index (κ1) is 17.7. The molecule has 1 unspecified atom stereocenters. The molecular formula is C16H32O2. The Balaban J connectivity index is 3.17. The minimum Gasteiger partial charge on any atom is -0.389 e. The van der Waals surface area contributed by atoms with Crippen LogP contribution in [-0.2, 0) is 4.74 Å². The second kappa shape index (κ2) is 10.6. The Kier molecular flexibility index (Phi) is 10.4. The zero-order chi connectivity index (χ0) is 13.9. The van der Waals surface area contributed by atoms with Crippen molar-refractivity contribution in [1.82, 2.24) is 0 Å². The fraction of sp³-hybridized carbons (Fsp3) is 0.875. The lowest BCUT2D eigenvalue weighted by Crippen LogP contribution is -2.19. The predicted molar refractivity (Wildman–Crippen MR) is 78.8 cm³/mol. The van der Waals surface area contributed by atoms with Crippen LogP contribution in [0.2, 0.25) is 0 Å². The molecule has 0 amide bonds. The summed E-state index contributed by atoms with van der Waals surface area (Å²) in [5.74, 6) is 0. The fourth-order valence-corrected chi connectivity index (χ4v) is 1.86. The second-order valence-corrected chi connectivity index (χ2v) is 5.96. The highest BCUT2D eigenvalue weighted by molar-refractivity contribution is 4.84. The summed E-state index contributed by atoms with van der Waals surface area (Å²) < 4.78 is 5.67. The molecule has 0 aromatic rings. The lowest BCUT2D eigenvalue weighted by Gasteiger charge is -2.19. The van der Waals surface area contributed by atoms with Gasteiger partial charge in [-0.3, -0.25) is 0 Å². The molecule has 108 valence electrons. The highest BCUT2D eigenvalue weighted by Gasteiger charge is 2.08. The predicted octanol–water partition coefficient (Wildman–Crippen LogP) is 4.47. The lowest BCUT2D eigenvalue weighted by atomic mass is 10.1. The molecule has 0 radical (unpaired) electrons. The van der Waals surface area contributed by atoms with E-state index in [1.165, 1.54) is 32.1 Å². The second-order valence-electron chi connectivity index (χ2n) is 5.96. The molecule has 0 bridgehead atoms. The van der Waals surface area contributed by atoms with Gasteiger partial charge in [-0.05, 0) is 40.5 Å². The van der Waals surface area contributed by atoms with Crippen LogP contribution < -0.4 is 0 Å². The standard InChI is InChI=1S/C16H32O2/c1-5-12-15(17)13-10-8-6-7-9-11-14-18-16(2,3)4/h5,12,15,17H,6-11,13-14H2,1-4H3. The molecule has 0 spiro atoms. The average Bonchev–Trinajstić information content (AvgIpc) is 2.25. The Morgan fingerprint density at radius 2 is 1.56 bits per heavy atom. The molecule has 1 atom stereocenters. The quantitative estimate of drug-likeness (QED) is 0.461. The zero-order valence-corrected chi connectivity index (χ0v) is 12.7. The van der Waals surface area contributed by atoms with Gasteiger partial charge in [0.15, 0.2) is 0 Å². The van der Waals surface area contributed by atoms with Gasteiger partial charge >= 0.3 is 0 Å². The van der Waals surface area contributed by atoms with Gasteiger partial charge in [0, 0.05) is 6.61 Å². The minimum atomic E-state index is -0.241. The number of unbranched alkanes of at least 4 members (excludes halogenated alkanes) is 5. The van der Waals surface area contributed by atoms with E-state index in [0.29, 0.717) is 0 Å². The maximum absolute atomic E-state index is 9.49. The molecular weight excluding hydrogens is 224 g/mol. The Bertz CT molecular complexity index is 204. The molecule has 0 aliphatic carbocycles. The molecule has 0 aliphatic rings. The van der Waals surface area contributed by atoms with Gasteiger partial charge in [-0.2, -0.15) is 0 Å². The number of rotatable bonds is 10. The topological polar surface area (TPSA) is 29.5 Å². The third kappa shape index (κ3) is 13.7. The smallest absolute Gasteiger partial charge is 0.0720 e. The Hall–Kier alpha value is -0.340. The maximum Gasteiger partial charge on any atom is 0.0720 e. The van der Waals surface area contributed by atoms with E-state index in [-0.39, 0.29) is 11.7 Å². The normalized spacial score (nSPS) is 14.3. The molecule has 0 fully saturated rings. The van der Waals surface area contributed by atoms with Crippen molar-refractivity contribution in [3.05, 3.63) is 12.2 Å². The fourth-order valence-electron chi connectivity index (χ4n) is 1.86. The van der Waals surface area contributed by atoms with Crippen molar-refractivity contribution in [3.63, 3.8) is 0 Å². The number of ether oxygens (including phenoxy) is 1. The molecule has 0 aromatic carbocycles. The first-order valence-corrected chi connectivity index (χ1v) is 7.40. The Labute approximate surface area is 113 Å². The molecule has 0 aliphatic heterocycles. The molecule has 2 nitrogen and oxygen atoms in total. The van der Waals surface area contributed by atoms with E-state index < -0.39 is 0 Å². The van der Waals surface area contributed by atoms with E-state index in [9.17, 15) is 5.11 Å². The number of aliphatic hydroxyl groups excluding tert-OH is 1. The van der Waals surface area contributed by atoms with Gasteiger partial charge in [0.25, 0.3) is 0 Å².